The standard InChI is InChI=1S/C19H28N4O3.ClH/c24-15-1-2-18(16-3-7-20-8-4-16)19(25)26-23-13-11-22(12-14-23)17-5-9-21-10-6-17;/h5-6,9-10,15-16,18,20H,1-4,7-8,11-14H2;1H. The summed E-state index contributed by atoms with van der Waals surface area (Å²) in [4.78, 5) is 35.6. The fourth-order valence-corrected chi connectivity index (χ4v) is 3.83. The van der Waals surface area contributed by atoms with Gasteiger partial charge in [0.25, 0.3) is 0 Å². The number of hydrogen-bond acceptors (Lipinski definition) is 7. The van der Waals surface area contributed by atoms with Crippen molar-refractivity contribution in [3.63, 3.8) is 0 Å². The molecule has 0 spiro atoms. The first-order valence-electron chi connectivity index (χ1n) is 9.54. The molecule has 150 valence electrons. The third-order valence-electron chi connectivity index (χ3n) is 5.34. The van der Waals surface area contributed by atoms with Crippen LogP contribution in [0.2, 0.25) is 0 Å². The highest BCUT2D eigenvalue weighted by molar-refractivity contribution is 5.85. The van der Waals surface area contributed by atoms with Gasteiger partial charge < -0.3 is 19.8 Å². The number of halogens is 1. The molecule has 2 fully saturated rings. The molecule has 2 saturated heterocycles. The Morgan fingerprint density at radius 2 is 1.89 bits per heavy atom. The highest BCUT2D eigenvalue weighted by Crippen LogP contribution is 2.27. The van der Waals surface area contributed by atoms with Gasteiger partial charge >= 0.3 is 5.97 Å². The Labute approximate surface area is 166 Å². The van der Waals surface area contributed by atoms with Crippen LogP contribution < -0.4 is 10.2 Å². The normalized spacial score (nSPS) is 19.8. The zero-order chi connectivity index (χ0) is 18.2. The summed E-state index contributed by atoms with van der Waals surface area (Å²) in [5.74, 6) is -0.0431. The van der Waals surface area contributed by atoms with E-state index in [1.807, 2.05) is 12.1 Å². The molecule has 0 bridgehead atoms. The molecule has 1 atom stereocenters. The van der Waals surface area contributed by atoms with Crippen LogP contribution in [0.25, 0.3) is 0 Å². The predicted octanol–water partition coefficient (Wildman–Crippen LogP) is 1.68. The molecule has 1 aromatic rings. The Balaban J connectivity index is 0.00000261. The van der Waals surface area contributed by atoms with Crippen LogP contribution in [0, 0.1) is 11.8 Å². The lowest BCUT2D eigenvalue weighted by atomic mass is 9.82. The summed E-state index contributed by atoms with van der Waals surface area (Å²) in [5.41, 5.74) is 1.14. The van der Waals surface area contributed by atoms with Crippen molar-refractivity contribution < 1.29 is 14.4 Å². The van der Waals surface area contributed by atoms with Crippen molar-refractivity contribution in [3.05, 3.63) is 24.5 Å². The van der Waals surface area contributed by atoms with Crippen molar-refractivity contribution in [2.45, 2.75) is 25.7 Å². The van der Waals surface area contributed by atoms with E-state index in [0.29, 0.717) is 31.8 Å². The Morgan fingerprint density at radius 1 is 1.22 bits per heavy atom. The maximum absolute atomic E-state index is 12.7. The number of nitrogens with zero attached hydrogens (tertiary/aromatic N) is 3. The molecule has 0 saturated carbocycles. The van der Waals surface area contributed by atoms with Crippen LogP contribution >= 0.6 is 12.4 Å². The monoisotopic (exact) mass is 396 g/mol. The number of hydroxylamine groups is 2. The molecule has 0 aliphatic carbocycles. The van der Waals surface area contributed by atoms with Crippen LogP contribution in [0.3, 0.4) is 0 Å². The molecule has 2 aliphatic rings. The van der Waals surface area contributed by atoms with E-state index in [1.54, 1.807) is 17.5 Å². The van der Waals surface area contributed by atoms with Crippen LogP contribution in [0.5, 0.6) is 0 Å². The lowest BCUT2D eigenvalue weighted by Crippen LogP contribution is -2.48. The molecule has 3 heterocycles. The maximum atomic E-state index is 12.7. The molecule has 3 rings (SSSR count). The molecular formula is C19H29ClN4O3. The number of carbonyl (C=O) groups excluding carboxylic acids is 2. The van der Waals surface area contributed by atoms with Crippen LogP contribution in [-0.2, 0) is 14.4 Å². The van der Waals surface area contributed by atoms with Gasteiger partial charge in [-0.3, -0.25) is 9.78 Å². The largest absolute Gasteiger partial charge is 0.369 e. The van der Waals surface area contributed by atoms with Crippen LogP contribution in [0.1, 0.15) is 25.7 Å². The summed E-state index contributed by atoms with van der Waals surface area (Å²) in [7, 11) is 0. The third kappa shape index (κ3) is 6.16. The molecule has 27 heavy (non-hydrogen) atoms. The first-order chi connectivity index (χ1) is 12.8. The summed E-state index contributed by atoms with van der Waals surface area (Å²) < 4.78 is 0. The van der Waals surface area contributed by atoms with Gasteiger partial charge in [0.1, 0.15) is 6.29 Å². The molecule has 2 aliphatic heterocycles. The molecule has 1 N–H and O–H groups in total. The second kappa shape index (κ2) is 11.2. The van der Waals surface area contributed by atoms with Crippen molar-refractivity contribution in [3.8, 4) is 0 Å². The third-order valence-corrected chi connectivity index (χ3v) is 5.34. The lowest BCUT2D eigenvalue weighted by Gasteiger charge is -2.36. The van der Waals surface area contributed by atoms with Gasteiger partial charge in [-0.2, -0.15) is 0 Å². The number of aromatic nitrogens is 1. The van der Waals surface area contributed by atoms with Gasteiger partial charge in [0.05, 0.1) is 19.0 Å². The molecular weight excluding hydrogens is 368 g/mol. The molecule has 8 heteroatoms. The molecule has 0 aromatic carbocycles. The minimum absolute atomic E-state index is 0. The van der Waals surface area contributed by atoms with Crippen molar-refractivity contribution in [2.24, 2.45) is 11.8 Å². The van der Waals surface area contributed by atoms with Gasteiger partial charge in [0, 0.05) is 37.6 Å². The Kier molecular flexibility index (Phi) is 8.97. The van der Waals surface area contributed by atoms with Gasteiger partial charge in [0.2, 0.25) is 0 Å². The SMILES string of the molecule is Cl.O=CCCC(C(=O)ON1CCN(c2ccncc2)CC1)C1CCNCC1. The van der Waals surface area contributed by atoms with E-state index in [0.717, 1.165) is 51.0 Å². The first-order valence-corrected chi connectivity index (χ1v) is 9.54. The van der Waals surface area contributed by atoms with Gasteiger partial charge in [-0.05, 0) is 50.4 Å². The van der Waals surface area contributed by atoms with E-state index < -0.39 is 0 Å². The molecule has 1 aromatic heterocycles. The zero-order valence-corrected chi connectivity index (χ0v) is 16.4. The number of nitrogens with one attached hydrogen (secondary N) is 1. The number of rotatable bonds is 7. The molecule has 7 nitrogen and oxygen atoms in total. The number of hydrogen-bond donors (Lipinski definition) is 1. The van der Waals surface area contributed by atoms with E-state index in [-0.39, 0.29) is 24.3 Å². The second-order valence-electron chi connectivity index (χ2n) is 6.97. The topological polar surface area (TPSA) is 74.8 Å². The van der Waals surface area contributed by atoms with E-state index >= 15 is 0 Å². The minimum Gasteiger partial charge on any atom is -0.369 e. The van der Waals surface area contributed by atoms with Gasteiger partial charge in [-0.15, -0.1) is 17.5 Å². The summed E-state index contributed by atoms with van der Waals surface area (Å²) in [6.45, 7) is 4.84. The van der Waals surface area contributed by atoms with Crippen molar-refractivity contribution >= 4 is 30.3 Å². The Bertz CT molecular complexity index is 576. The van der Waals surface area contributed by atoms with Crippen LogP contribution in [0.4, 0.5) is 5.69 Å². The van der Waals surface area contributed by atoms with E-state index in [1.165, 1.54) is 0 Å². The smallest absolute Gasteiger partial charge is 0.328 e. The summed E-state index contributed by atoms with van der Waals surface area (Å²) >= 11 is 0. The first kappa shape index (κ1) is 21.6. The number of carbonyl (C=O) groups is 2. The highest BCUT2D eigenvalue weighted by Gasteiger charge is 2.32. The fraction of sp³-hybridized carbons (Fsp3) is 0.632. The summed E-state index contributed by atoms with van der Waals surface area (Å²) in [5, 5.41) is 5.10. The minimum atomic E-state index is -0.180. The van der Waals surface area contributed by atoms with E-state index in [4.69, 9.17) is 4.84 Å². The maximum Gasteiger partial charge on any atom is 0.328 e. The van der Waals surface area contributed by atoms with E-state index in [2.05, 4.69) is 15.2 Å². The van der Waals surface area contributed by atoms with Crippen molar-refractivity contribution in [2.75, 3.05) is 44.2 Å². The number of pyridine rings is 1. The number of anilines is 1. The molecule has 1 unspecified atom stereocenters. The van der Waals surface area contributed by atoms with Gasteiger partial charge in [0.15, 0.2) is 0 Å². The van der Waals surface area contributed by atoms with Crippen molar-refractivity contribution in [1.82, 2.24) is 15.4 Å². The predicted molar refractivity (Wildman–Crippen MR) is 106 cm³/mol. The molecule has 0 radical (unpaired) electrons. The number of piperazine rings is 1. The Morgan fingerprint density at radius 3 is 2.52 bits per heavy atom. The average Bonchev–Trinajstić information content (AvgIpc) is 2.70. The Hall–Kier alpha value is -1.70. The van der Waals surface area contributed by atoms with Gasteiger partial charge in [-0.1, -0.05) is 0 Å². The zero-order valence-electron chi connectivity index (χ0n) is 15.6. The molecule has 0 amide bonds. The fourth-order valence-electron chi connectivity index (χ4n) is 3.83. The highest BCUT2D eigenvalue weighted by atomic mass is 35.5. The van der Waals surface area contributed by atoms with E-state index in [9.17, 15) is 9.59 Å². The lowest BCUT2D eigenvalue weighted by molar-refractivity contribution is -0.199. The van der Waals surface area contributed by atoms with Crippen LogP contribution in [-0.4, -0.2) is 61.6 Å². The quantitative estimate of drug-likeness (QED) is 0.703. The number of piperidine rings is 1. The van der Waals surface area contributed by atoms with Crippen molar-refractivity contribution in [1.29, 1.82) is 0 Å². The summed E-state index contributed by atoms with van der Waals surface area (Å²) in [6, 6.07) is 3.99. The summed E-state index contributed by atoms with van der Waals surface area (Å²) in [6.07, 6.45) is 7.41. The second-order valence-corrected chi connectivity index (χ2v) is 6.97. The number of aldehydes is 1. The van der Waals surface area contributed by atoms with Crippen LogP contribution in [0.15, 0.2) is 24.5 Å². The average molecular weight is 397 g/mol. The van der Waals surface area contributed by atoms with Gasteiger partial charge in [-0.25, -0.2) is 0 Å².